The van der Waals surface area contributed by atoms with Gasteiger partial charge in [0.1, 0.15) is 0 Å². The standard InChI is InChI=1S/C23H30N4O4/c1-25(2)19-8-6-18(7-9-19)24-22(28)16-26-11-13-27(14-12-26)23(29)17-5-10-20(30-3)21(15-17)31-4/h5-10,15H,11-14,16H2,1-4H3,(H,24,28). The Bertz CT molecular complexity index is 906. The molecule has 0 unspecified atom stereocenters. The Kier molecular flexibility index (Phi) is 7.36. The van der Waals surface area contributed by atoms with Gasteiger partial charge in [-0.15, -0.1) is 0 Å². The smallest absolute Gasteiger partial charge is 0.254 e. The summed E-state index contributed by atoms with van der Waals surface area (Å²) < 4.78 is 10.5. The van der Waals surface area contributed by atoms with Crippen molar-refractivity contribution < 1.29 is 19.1 Å². The number of nitrogens with one attached hydrogen (secondary N) is 1. The van der Waals surface area contributed by atoms with E-state index in [0.29, 0.717) is 49.8 Å². The molecule has 0 spiro atoms. The second-order valence-corrected chi connectivity index (χ2v) is 7.63. The van der Waals surface area contributed by atoms with Crippen LogP contribution < -0.4 is 19.7 Å². The highest BCUT2D eigenvalue weighted by Crippen LogP contribution is 2.28. The van der Waals surface area contributed by atoms with Crippen molar-refractivity contribution in [2.24, 2.45) is 0 Å². The van der Waals surface area contributed by atoms with Gasteiger partial charge in [0.25, 0.3) is 5.91 Å². The maximum Gasteiger partial charge on any atom is 0.254 e. The third-order valence-electron chi connectivity index (χ3n) is 5.32. The van der Waals surface area contributed by atoms with Crippen LogP contribution in [0.5, 0.6) is 11.5 Å². The molecule has 3 rings (SSSR count). The summed E-state index contributed by atoms with van der Waals surface area (Å²) in [6.07, 6.45) is 0. The molecule has 8 heteroatoms. The van der Waals surface area contributed by atoms with E-state index in [1.165, 1.54) is 0 Å². The van der Waals surface area contributed by atoms with Gasteiger partial charge in [-0.25, -0.2) is 0 Å². The van der Waals surface area contributed by atoms with Crippen LogP contribution in [0, 0.1) is 0 Å². The number of hydrogen-bond acceptors (Lipinski definition) is 6. The van der Waals surface area contributed by atoms with Crippen molar-refractivity contribution in [1.29, 1.82) is 0 Å². The van der Waals surface area contributed by atoms with Crippen molar-refractivity contribution in [3.63, 3.8) is 0 Å². The predicted octanol–water partition coefficient (Wildman–Crippen LogP) is 2.17. The van der Waals surface area contributed by atoms with Gasteiger partial charge in [-0.1, -0.05) is 0 Å². The Morgan fingerprint density at radius 1 is 0.935 bits per heavy atom. The minimum Gasteiger partial charge on any atom is -0.493 e. The van der Waals surface area contributed by atoms with Crippen molar-refractivity contribution in [1.82, 2.24) is 9.80 Å². The van der Waals surface area contributed by atoms with Crippen LogP contribution in [-0.4, -0.2) is 82.7 Å². The zero-order chi connectivity index (χ0) is 22.4. The number of methoxy groups -OCH3 is 2. The normalized spacial score (nSPS) is 14.1. The van der Waals surface area contributed by atoms with Gasteiger partial charge in [-0.2, -0.15) is 0 Å². The lowest BCUT2D eigenvalue weighted by Gasteiger charge is -2.34. The first-order chi connectivity index (χ1) is 14.9. The summed E-state index contributed by atoms with van der Waals surface area (Å²) in [5.74, 6) is 1.01. The van der Waals surface area contributed by atoms with Crippen molar-refractivity contribution >= 4 is 23.2 Å². The van der Waals surface area contributed by atoms with E-state index in [1.807, 2.05) is 43.3 Å². The van der Waals surface area contributed by atoms with E-state index in [2.05, 4.69) is 10.2 Å². The van der Waals surface area contributed by atoms with Crippen molar-refractivity contribution in [3.05, 3.63) is 48.0 Å². The van der Waals surface area contributed by atoms with Gasteiger partial charge in [0.05, 0.1) is 20.8 Å². The fourth-order valence-electron chi connectivity index (χ4n) is 3.51. The van der Waals surface area contributed by atoms with Gasteiger partial charge in [-0.05, 0) is 42.5 Å². The van der Waals surface area contributed by atoms with Crippen LogP contribution in [-0.2, 0) is 4.79 Å². The molecule has 0 aromatic heterocycles. The second kappa shape index (κ2) is 10.2. The predicted molar refractivity (Wildman–Crippen MR) is 121 cm³/mol. The largest absolute Gasteiger partial charge is 0.493 e. The van der Waals surface area contributed by atoms with Crippen LogP contribution in [0.3, 0.4) is 0 Å². The van der Waals surface area contributed by atoms with E-state index in [0.717, 1.165) is 11.4 Å². The second-order valence-electron chi connectivity index (χ2n) is 7.63. The summed E-state index contributed by atoms with van der Waals surface area (Å²) >= 11 is 0. The number of nitrogens with zero attached hydrogens (tertiary/aromatic N) is 3. The van der Waals surface area contributed by atoms with Crippen LogP contribution in [0.1, 0.15) is 10.4 Å². The maximum absolute atomic E-state index is 12.8. The number of benzene rings is 2. The summed E-state index contributed by atoms with van der Waals surface area (Å²) in [5.41, 5.74) is 2.41. The number of carbonyl (C=O) groups is 2. The Hall–Kier alpha value is -3.26. The molecule has 1 aliphatic heterocycles. The number of carbonyl (C=O) groups excluding carboxylic acids is 2. The first-order valence-electron chi connectivity index (χ1n) is 10.2. The lowest BCUT2D eigenvalue weighted by atomic mass is 10.1. The molecule has 1 heterocycles. The molecule has 1 saturated heterocycles. The molecule has 0 bridgehead atoms. The minimum absolute atomic E-state index is 0.0500. The van der Waals surface area contributed by atoms with Crippen molar-refractivity contribution in [2.45, 2.75) is 0 Å². The topological polar surface area (TPSA) is 74.4 Å². The molecule has 0 saturated carbocycles. The molecule has 2 aromatic rings. The van der Waals surface area contributed by atoms with E-state index in [4.69, 9.17) is 9.47 Å². The molecular formula is C23H30N4O4. The van der Waals surface area contributed by atoms with Gasteiger partial charge in [-0.3, -0.25) is 14.5 Å². The molecule has 1 fully saturated rings. The minimum atomic E-state index is -0.0581. The van der Waals surface area contributed by atoms with E-state index < -0.39 is 0 Å². The van der Waals surface area contributed by atoms with Gasteiger partial charge < -0.3 is 24.6 Å². The van der Waals surface area contributed by atoms with Gasteiger partial charge in [0.2, 0.25) is 5.91 Å². The molecule has 8 nitrogen and oxygen atoms in total. The van der Waals surface area contributed by atoms with Crippen LogP contribution in [0.4, 0.5) is 11.4 Å². The molecule has 2 aromatic carbocycles. The van der Waals surface area contributed by atoms with E-state index >= 15 is 0 Å². The fourth-order valence-corrected chi connectivity index (χ4v) is 3.51. The number of amides is 2. The first-order valence-corrected chi connectivity index (χ1v) is 10.2. The van der Waals surface area contributed by atoms with Crippen LogP contribution in [0.2, 0.25) is 0 Å². The monoisotopic (exact) mass is 426 g/mol. The van der Waals surface area contributed by atoms with E-state index in [1.54, 1.807) is 37.3 Å². The first kappa shape index (κ1) is 22.4. The highest BCUT2D eigenvalue weighted by Gasteiger charge is 2.24. The molecule has 0 atom stereocenters. The highest BCUT2D eigenvalue weighted by molar-refractivity contribution is 5.95. The number of rotatable bonds is 7. The molecule has 0 aliphatic carbocycles. The number of hydrogen-bond donors (Lipinski definition) is 1. The van der Waals surface area contributed by atoms with Crippen LogP contribution in [0.15, 0.2) is 42.5 Å². The zero-order valence-electron chi connectivity index (χ0n) is 18.6. The zero-order valence-corrected chi connectivity index (χ0v) is 18.6. The molecule has 2 amide bonds. The van der Waals surface area contributed by atoms with Crippen LogP contribution in [0.25, 0.3) is 0 Å². The molecule has 166 valence electrons. The fraction of sp³-hybridized carbons (Fsp3) is 0.391. The molecule has 1 aliphatic rings. The Morgan fingerprint density at radius 3 is 2.16 bits per heavy atom. The van der Waals surface area contributed by atoms with E-state index in [9.17, 15) is 9.59 Å². The number of anilines is 2. The average Bonchev–Trinajstić information content (AvgIpc) is 2.79. The lowest BCUT2D eigenvalue weighted by Crippen LogP contribution is -2.50. The molecule has 1 N–H and O–H groups in total. The van der Waals surface area contributed by atoms with Gasteiger partial charge in [0, 0.05) is 57.2 Å². The Morgan fingerprint density at radius 2 is 1.58 bits per heavy atom. The Labute approximate surface area is 183 Å². The summed E-state index contributed by atoms with van der Waals surface area (Å²) in [4.78, 5) is 31.1. The Balaban J connectivity index is 1.50. The third kappa shape index (κ3) is 5.67. The lowest BCUT2D eigenvalue weighted by molar-refractivity contribution is -0.117. The van der Waals surface area contributed by atoms with Crippen molar-refractivity contribution in [2.75, 3.05) is 71.3 Å². The van der Waals surface area contributed by atoms with Crippen LogP contribution >= 0.6 is 0 Å². The third-order valence-corrected chi connectivity index (χ3v) is 5.32. The van der Waals surface area contributed by atoms with Crippen molar-refractivity contribution in [3.8, 4) is 11.5 Å². The molecule has 0 radical (unpaired) electrons. The quantitative estimate of drug-likeness (QED) is 0.732. The van der Waals surface area contributed by atoms with Gasteiger partial charge >= 0.3 is 0 Å². The maximum atomic E-state index is 12.8. The SMILES string of the molecule is COc1ccc(C(=O)N2CCN(CC(=O)Nc3ccc(N(C)C)cc3)CC2)cc1OC. The van der Waals surface area contributed by atoms with E-state index in [-0.39, 0.29) is 11.8 Å². The summed E-state index contributed by atoms with van der Waals surface area (Å²) in [5, 5.41) is 2.93. The molecular weight excluding hydrogens is 396 g/mol. The average molecular weight is 427 g/mol. The number of piperazine rings is 1. The molecule has 31 heavy (non-hydrogen) atoms. The summed E-state index contributed by atoms with van der Waals surface area (Å²) in [7, 11) is 7.06. The van der Waals surface area contributed by atoms with Gasteiger partial charge in [0.15, 0.2) is 11.5 Å². The highest BCUT2D eigenvalue weighted by atomic mass is 16.5. The summed E-state index contributed by atoms with van der Waals surface area (Å²) in [6.45, 7) is 2.72. The number of ether oxygens (including phenoxy) is 2. The summed E-state index contributed by atoms with van der Waals surface area (Å²) in [6, 6.07) is 12.9.